The van der Waals surface area contributed by atoms with Gasteiger partial charge >= 0.3 is 5.97 Å². The standard InChI is InChI=1S/C22H27NO6/c1-12-10-13(2)18(14(3)11-12)23-21(24)15(4)29-22(25)16-8-9-17(26-5)20(28-7)19(16)27-6/h8-11,15H,1-7H3,(H,23,24)/t15-/m0/s1. The number of hydrogen-bond donors (Lipinski definition) is 1. The van der Waals surface area contributed by atoms with E-state index in [2.05, 4.69) is 5.32 Å². The lowest BCUT2D eigenvalue weighted by molar-refractivity contribution is -0.123. The zero-order chi connectivity index (χ0) is 21.7. The summed E-state index contributed by atoms with van der Waals surface area (Å²) in [5.41, 5.74) is 3.84. The topological polar surface area (TPSA) is 83.1 Å². The summed E-state index contributed by atoms with van der Waals surface area (Å²) in [7, 11) is 4.34. The van der Waals surface area contributed by atoms with E-state index in [0.29, 0.717) is 11.4 Å². The Morgan fingerprint density at radius 2 is 1.48 bits per heavy atom. The highest BCUT2D eigenvalue weighted by atomic mass is 16.6. The van der Waals surface area contributed by atoms with Crippen molar-refractivity contribution in [2.75, 3.05) is 26.6 Å². The van der Waals surface area contributed by atoms with Gasteiger partial charge in [-0.3, -0.25) is 4.79 Å². The van der Waals surface area contributed by atoms with Gasteiger partial charge in [0.2, 0.25) is 5.75 Å². The van der Waals surface area contributed by atoms with Crippen molar-refractivity contribution in [2.24, 2.45) is 0 Å². The summed E-state index contributed by atoms with van der Waals surface area (Å²) in [6.07, 6.45) is -1.01. The fourth-order valence-corrected chi connectivity index (χ4v) is 3.14. The van der Waals surface area contributed by atoms with Crippen LogP contribution in [-0.4, -0.2) is 39.3 Å². The zero-order valence-corrected chi connectivity index (χ0v) is 17.8. The third-order valence-electron chi connectivity index (χ3n) is 4.50. The van der Waals surface area contributed by atoms with Crippen molar-refractivity contribution in [1.82, 2.24) is 0 Å². The largest absolute Gasteiger partial charge is 0.493 e. The molecule has 0 aliphatic heterocycles. The zero-order valence-electron chi connectivity index (χ0n) is 17.8. The molecule has 156 valence electrons. The third kappa shape index (κ3) is 4.80. The molecule has 0 saturated heterocycles. The second kappa shape index (κ2) is 9.32. The Morgan fingerprint density at radius 3 is 2.00 bits per heavy atom. The summed E-state index contributed by atoms with van der Waals surface area (Å²) in [5, 5.41) is 2.84. The molecule has 0 radical (unpaired) electrons. The molecular formula is C22H27NO6. The van der Waals surface area contributed by atoms with Gasteiger partial charge in [-0.2, -0.15) is 0 Å². The number of methoxy groups -OCH3 is 3. The summed E-state index contributed by atoms with van der Waals surface area (Å²) in [5.74, 6) is -0.269. The van der Waals surface area contributed by atoms with Gasteiger partial charge in [0.15, 0.2) is 17.6 Å². The van der Waals surface area contributed by atoms with Crippen LogP contribution in [0.5, 0.6) is 17.2 Å². The molecule has 29 heavy (non-hydrogen) atoms. The summed E-state index contributed by atoms with van der Waals surface area (Å²) in [6.45, 7) is 7.34. The third-order valence-corrected chi connectivity index (χ3v) is 4.50. The van der Waals surface area contributed by atoms with Crippen LogP contribution in [0.15, 0.2) is 24.3 Å². The lowest BCUT2D eigenvalue weighted by Gasteiger charge is -2.18. The molecule has 1 atom stereocenters. The number of rotatable bonds is 7. The number of hydrogen-bond acceptors (Lipinski definition) is 6. The van der Waals surface area contributed by atoms with E-state index in [0.717, 1.165) is 16.7 Å². The van der Waals surface area contributed by atoms with Gasteiger partial charge in [-0.05, 0) is 51.0 Å². The minimum atomic E-state index is -1.01. The first-order valence-corrected chi connectivity index (χ1v) is 9.12. The Bertz CT molecular complexity index is 899. The van der Waals surface area contributed by atoms with Gasteiger partial charge < -0.3 is 24.3 Å². The van der Waals surface area contributed by atoms with Crippen LogP contribution < -0.4 is 19.5 Å². The summed E-state index contributed by atoms with van der Waals surface area (Å²) >= 11 is 0. The van der Waals surface area contributed by atoms with Gasteiger partial charge in [0.1, 0.15) is 5.56 Å². The predicted octanol–water partition coefficient (Wildman–Crippen LogP) is 3.82. The van der Waals surface area contributed by atoms with E-state index in [-0.39, 0.29) is 17.1 Å². The Morgan fingerprint density at radius 1 is 0.897 bits per heavy atom. The van der Waals surface area contributed by atoms with Crippen LogP contribution in [0, 0.1) is 20.8 Å². The number of benzene rings is 2. The number of esters is 1. The van der Waals surface area contributed by atoms with Crippen LogP contribution in [0.4, 0.5) is 5.69 Å². The van der Waals surface area contributed by atoms with Crippen LogP contribution >= 0.6 is 0 Å². The Hall–Kier alpha value is -3.22. The van der Waals surface area contributed by atoms with E-state index < -0.39 is 18.0 Å². The normalized spacial score (nSPS) is 11.4. The average Bonchev–Trinajstić information content (AvgIpc) is 2.68. The van der Waals surface area contributed by atoms with E-state index in [9.17, 15) is 9.59 Å². The SMILES string of the molecule is COc1ccc(C(=O)O[C@@H](C)C(=O)Nc2c(C)cc(C)cc2C)c(OC)c1OC. The molecule has 1 amide bonds. The molecule has 7 heteroatoms. The van der Waals surface area contributed by atoms with Crippen molar-refractivity contribution >= 4 is 17.6 Å². The van der Waals surface area contributed by atoms with Gasteiger partial charge in [-0.25, -0.2) is 4.79 Å². The molecule has 0 bridgehead atoms. The number of aryl methyl sites for hydroxylation is 3. The maximum Gasteiger partial charge on any atom is 0.342 e. The molecule has 1 N–H and O–H groups in total. The number of ether oxygens (including phenoxy) is 4. The molecule has 0 unspecified atom stereocenters. The van der Waals surface area contributed by atoms with Crippen molar-refractivity contribution in [3.05, 3.63) is 46.5 Å². The number of amides is 1. The van der Waals surface area contributed by atoms with Crippen molar-refractivity contribution < 1.29 is 28.5 Å². The van der Waals surface area contributed by atoms with E-state index in [1.807, 2.05) is 32.9 Å². The predicted molar refractivity (Wildman–Crippen MR) is 110 cm³/mol. The van der Waals surface area contributed by atoms with Crippen LogP contribution in [0.2, 0.25) is 0 Å². The monoisotopic (exact) mass is 401 g/mol. The molecule has 0 heterocycles. The highest BCUT2D eigenvalue weighted by molar-refractivity contribution is 5.99. The van der Waals surface area contributed by atoms with Crippen LogP contribution in [0.1, 0.15) is 34.0 Å². The highest BCUT2D eigenvalue weighted by Crippen LogP contribution is 2.40. The van der Waals surface area contributed by atoms with Crippen molar-refractivity contribution in [2.45, 2.75) is 33.8 Å². The molecule has 0 aliphatic carbocycles. The van der Waals surface area contributed by atoms with Crippen molar-refractivity contribution in [3.63, 3.8) is 0 Å². The molecule has 0 fully saturated rings. The first-order chi connectivity index (χ1) is 13.7. The molecule has 0 aromatic heterocycles. The number of anilines is 1. The fourth-order valence-electron chi connectivity index (χ4n) is 3.14. The molecule has 0 aliphatic rings. The van der Waals surface area contributed by atoms with Gasteiger partial charge in [0.05, 0.1) is 21.3 Å². The van der Waals surface area contributed by atoms with Crippen LogP contribution in [-0.2, 0) is 9.53 Å². The Kier molecular flexibility index (Phi) is 7.09. The second-order valence-corrected chi connectivity index (χ2v) is 6.69. The molecule has 2 aromatic rings. The lowest BCUT2D eigenvalue weighted by atomic mass is 10.0. The Balaban J connectivity index is 2.20. The highest BCUT2D eigenvalue weighted by Gasteiger charge is 2.25. The van der Waals surface area contributed by atoms with Gasteiger partial charge in [-0.15, -0.1) is 0 Å². The minimum absolute atomic E-state index is 0.132. The summed E-state index contributed by atoms with van der Waals surface area (Å²) < 4.78 is 21.2. The van der Waals surface area contributed by atoms with E-state index in [4.69, 9.17) is 18.9 Å². The average molecular weight is 401 g/mol. The van der Waals surface area contributed by atoms with Crippen molar-refractivity contribution in [3.8, 4) is 17.2 Å². The summed E-state index contributed by atoms with van der Waals surface area (Å²) in [4.78, 5) is 25.2. The van der Waals surface area contributed by atoms with Gasteiger partial charge in [-0.1, -0.05) is 17.7 Å². The molecule has 7 nitrogen and oxygen atoms in total. The van der Waals surface area contributed by atoms with E-state index in [1.54, 1.807) is 6.07 Å². The smallest absolute Gasteiger partial charge is 0.342 e. The number of carbonyl (C=O) groups excluding carboxylic acids is 2. The molecule has 2 aromatic carbocycles. The lowest BCUT2D eigenvalue weighted by Crippen LogP contribution is -2.30. The number of carbonyl (C=O) groups is 2. The van der Waals surface area contributed by atoms with Crippen molar-refractivity contribution in [1.29, 1.82) is 0 Å². The fraction of sp³-hybridized carbons (Fsp3) is 0.364. The molecule has 0 saturated carbocycles. The number of nitrogens with one attached hydrogen (secondary N) is 1. The molecule has 2 rings (SSSR count). The maximum absolute atomic E-state index is 12.7. The molecule has 0 spiro atoms. The first kappa shape index (κ1) is 22.1. The minimum Gasteiger partial charge on any atom is -0.493 e. The van der Waals surface area contributed by atoms with Crippen LogP contribution in [0.3, 0.4) is 0 Å². The quantitative estimate of drug-likeness (QED) is 0.710. The molecular weight excluding hydrogens is 374 g/mol. The maximum atomic E-state index is 12.7. The second-order valence-electron chi connectivity index (χ2n) is 6.69. The first-order valence-electron chi connectivity index (χ1n) is 9.12. The van der Waals surface area contributed by atoms with Gasteiger partial charge in [0.25, 0.3) is 5.91 Å². The van der Waals surface area contributed by atoms with E-state index >= 15 is 0 Å². The van der Waals surface area contributed by atoms with E-state index in [1.165, 1.54) is 34.3 Å². The Labute approximate surface area is 170 Å². The van der Waals surface area contributed by atoms with Gasteiger partial charge in [0, 0.05) is 5.69 Å². The summed E-state index contributed by atoms with van der Waals surface area (Å²) in [6, 6.07) is 7.03. The van der Waals surface area contributed by atoms with Crippen LogP contribution in [0.25, 0.3) is 0 Å².